The van der Waals surface area contributed by atoms with Gasteiger partial charge in [0, 0.05) is 31.5 Å². The van der Waals surface area contributed by atoms with E-state index in [1.807, 2.05) is 6.07 Å². The smallest absolute Gasteiger partial charge is 0.279 e. The third-order valence-electron chi connectivity index (χ3n) is 5.50. The van der Waals surface area contributed by atoms with E-state index in [0.717, 1.165) is 6.42 Å². The van der Waals surface area contributed by atoms with Crippen LogP contribution < -0.4 is 21.5 Å². The summed E-state index contributed by atoms with van der Waals surface area (Å²) in [6.45, 7) is 2.10. The van der Waals surface area contributed by atoms with Gasteiger partial charge in [-0.1, -0.05) is 13.0 Å². The lowest BCUT2D eigenvalue weighted by Gasteiger charge is -2.11. The first-order valence-electron chi connectivity index (χ1n) is 10.3. The van der Waals surface area contributed by atoms with Crippen LogP contribution in [0.3, 0.4) is 0 Å². The number of hydrogen-bond acceptors (Lipinski definition) is 7. The molecule has 4 aromatic rings. The first kappa shape index (κ1) is 19.7. The molecule has 0 saturated heterocycles. The Kier molecular flexibility index (Phi) is 4.81. The molecule has 162 valence electrons. The molecule has 4 heterocycles. The molecule has 1 amide bonds. The van der Waals surface area contributed by atoms with Gasteiger partial charge in [0.25, 0.3) is 11.5 Å². The molecule has 0 aliphatic heterocycles. The number of amides is 1. The van der Waals surface area contributed by atoms with Crippen LogP contribution in [-0.2, 0) is 0 Å². The lowest BCUT2D eigenvalue weighted by molar-refractivity contribution is 0.0951. The van der Waals surface area contributed by atoms with E-state index in [1.54, 1.807) is 54.3 Å². The zero-order chi connectivity index (χ0) is 22.2. The Labute approximate surface area is 183 Å². The molecule has 0 unspecified atom stereocenters. The van der Waals surface area contributed by atoms with Crippen molar-refractivity contribution in [1.82, 2.24) is 29.5 Å². The van der Waals surface area contributed by atoms with Crippen molar-refractivity contribution < 1.29 is 4.79 Å². The fourth-order valence-electron chi connectivity index (χ4n) is 3.54. The van der Waals surface area contributed by atoms with Crippen LogP contribution in [-0.4, -0.2) is 43.1 Å². The number of carbonyl (C=O) groups excluding carboxylic acids is 1. The van der Waals surface area contributed by atoms with E-state index >= 15 is 0 Å². The number of fused-ring (bicyclic) bond motifs is 1. The molecule has 1 saturated carbocycles. The predicted molar refractivity (Wildman–Crippen MR) is 121 cm³/mol. The Morgan fingerprint density at radius 2 is 2.06 bits per heavy atom. The summed E-state index contributed by atoms with van der Waals surface area (Å²) in [6, 6.07) is 10.7. The van der Waals surface area contributed by atoms with Gasteiger partial charge in [0.05, 0.1) is 6.20 Å². The van der Waals surface area contributed by atoms with E-state index in [4.69, 9.17) is 0 Å². The third kappa shape index (κ3) is 3.55. The van der Waals surface area contributed by atoms with Crippen molar-refractivity contribution in [2.45, 2.75) is 19.4 Å². The van der Waals surface area contributed by atoms with Gasteiger partial charge in [-0.3, -0.25) is 14.2 Å². The van der Waals surface area contributed by atoms with Crippen molar-refractivity contribution in [2.75, 3.05) is 17.7 Å². The summed E-state index contributed by atoms with van der Waals surface area (Å²) in [5, 5.41) is 13.4. The van der Waals surface area contributed by atoms with E-state index in [1.165, 1.54) is 10.8 Å². The molecule has 1 aliphatic rings. The molecule has 10 heteroatoms. The summed E-state index contributed by atoms with van der Waals surface area (Å²) in [6.07, 6.45) is 5.77. The minimum absolute atomic E-state index is 0.192. The standard InChI is InChI=1S/C22H22N8O2/c1-13-10-16(13)27-21(31)14-12-25-30-19(23-2)11-17(28-20(14)30)26-15-6-5-9-29(22(15)32)18-7-3-4-8-24-18/h3-9,11-13,16,23H,10H2,1-2H3,(H,26,28)(H,27,31)/t13-,16+/m1/s1. The molecule has 0 aromatic carbocycles. The molecule has 32 heavy (non-hydrogen) atoms. The maximum absolute atomic E-state index is 13.0. The van der Waals surface area contributed by atoms with Crippen molar-refractivity contribution in [3.63, 3.8) is 0 Å². The van der Waals surface area contributed by atoms with E-state index < -0.39 is 0 Å². The monoisotopic (exact) mass is 430 g/mol. The van der Waals surface area contributed by atoms with Crippen molar-refractivity contribution in [3.05, 3.63) is 70.9 Å². The number of nitrogens with one attached hydrogen (secondary N) is 3. The van der Waals surface area contributed by atoms with Gasteiger partial charge in [-0.05, 0) is 36.6 Å². The number of hydrogen-bond donors (Lipinski definition) is 3. The fourth-order valence-corrected chi connectivity index (χ4v) is 3.54. The number of aromatic nitrogens is 5. The maximum Gasteiger partial charge on any atom is 0.279 e. The minimum atomic E-state index is -0.270. The van der Waals surface area contributed by atoms with Gasteiger partial charge in [-0.25, -0.2) is 9.97 Å². The Bertz CT molecular complexity index is 1360. The number of carbonyl (C=O) groups is 1. The van der Waals surface area contributed by atoms with E-state index in [-0.39, 0.29) is 17.5 Å². The van der Waals surface area contributed by atoms with Gasteiger partial charge in [0.2, 0.25) is 0 Å². The molecular weight excluding hydrogens is 408 g/mol. The van der Waals surface area contributed by atoms with Crippen LogP contribution in [0.5, 0.6) is 0 Å². The SMILES string of the molecule is CNc1cc(Nc2cccn(-c3ccccn3)c2=O)nc2c(C(=O)N[C@H]3C[C@H]3C)cnn12. The summed E-state index contributed by atoms with van der Waals surface area (Å²) in [5.74, 6) is 1.82. The molecule has 5 rings (SSSR count). The van der Waals surface area contributed by atoms with Gasteiger partial charge in [0.1, 0.15) is 28.7 Å². The molecule has 0 bridgehead atoms. The van der Waals surface area contributed by atoms with Crippen LogP contribution in [0.1, 0.15) is 23.7 Å². The molecule has 4 aromatic heterocycles. The number of rotatable bonds is 6. The molecule has 2 atom stereocenters. The number of anilines is 3. The first-order valence-corrected chi connectivity index (χ1v) is 10.3. The summed E-state index contributed by atoms with van der Waals surface area (Å²) < 4.78 is 3.02. The predicted octanol–water partition coefficient (Wildman–Crippen LogP) is 2.20. The highest BCUT2D eigenvalue weighted by Gasteiger charge is 2.34. The van der Waals surface area contributed by atoms with Gasteiger partial charge in [-0.2, -0.15) is 9.61 Å². The van der Waals surface area contributed by atoms with Crippen LogP contribution in [0.4, 0.5) is 17.3 Å². The van der Waals surface area contributed by atoms with Crippen molar-refractivity contribution in [3.8, 4) is 5.82 Å². The largest absolute Gasteiger partial charge is 0.373 e. The van der Waals surface area contributed by atoms with E-state index in [2.05, 4.69) is 37.9 Å². The zero-order valence-electron chi connectivity index (χ0n) is 17.6. The Morgan fingerprint density at radius 1 is 1.22 bits per heavy atom. The summed E-state index contributed by atoms with van der Waals surface area (Å²) in [5.41, 5.74) is 0.830. The summed E-state index contributed by atoms with van der Waals surface area (Å²) in [7, 11) is 1.75. The average Bonchev–Trinajstić information content (AvgIpc) is 3.32. The number of nitrogens with zero attached hydrogens (tertiary/aromatic N) is 5. The average molecular weight is 430 g/mol. The lowest BCUT2D eigenvalue weighted by Crippen LogP contribution is -2.26. The van der Waals surface area contributed by atoms with E-state index in [0.29, 0.717) is 40.3 Å². The normalized spacial score (nSPS) is 17.2. The molecule has 1 fully saturated rings. The first-order chi connectivity index (χ1) is 15.5. The fraction of sp³-hybridized carbons (Fsp3) is 0.227. The lowest BCUT2D eigenvalue weighted by atomic mass is 10.3. The maximum atomic E-state index is 13.0. The second-order valence-corrected chi connectivity index (χ2v) is 7.77. The van der Waals surface area contributed by atoms with Crippen molar-refractivity contribution in [2.24, 2.45) is 5.92 Å². The van der Waals surface area contributed by atoms with E-state index in [9.17, 15) is 9.59 Å². The number of pyridine rings is 2. The van der Waals surface area contributed by atoms with Gasteiger partial charge in [-0.15, -0.1) is 0 Å². The Hall–Kier alpha value is -4.21. The second-order valence-electron chi connectivity index (χ2n) is 7.77. The van der Waals surface area contributed by atoms with Crippen LogP contribution in [0.25, 0.3) is 11.5 Å². The van der Waals surface area contributed by atoms with Crippen LogP contribution >= 0.6 is 0 Å². The molecule has 0 spiro atoms. The Balaban J connectivity index is 1.52. The molecule has 1 aliphatic carbocycles. The van der Waals surface area contributed by atoms with Crippen LogP contribution in [0, 0.1) is 5.92 Å². The van der Waals surface area contributed by atoms with Gasteiger partial charge < -0.3 is 16.0 Å². The van der Waals surface area contributed by atoms with Gasteiger partial charge >= 0.3 is 0 Å². The molecule has 3 N–H and O–H groups in total. The highest BCUT2D eigenvalue weighted by atomic mass is 16.2. The van der Waals surface area contributed by atoms with Crippen LogP contribution in [0.2, 0.25) is 0 Å². The highest BCUT2D eigenvalue weighted by molar-refractivity contribution is 6.00. The molecule has 10 nitrogen and oxygen atoms in total. The summed E-state index contributed by atoms with van der Waals surface area (Å²) >= 11 is 0. The zero-order valence-corrected chi connectivity index (χ0v) is 17.6. The van der Waals surface area contributed by atoms with Crippen LogP contribution in [0.15, 0.2) is 59.8 Å². The minimum Gasteiger partial charge on any atom is -0.373 e. The van der Waals surface area contributed by atoms with Crippen molar-refractivity contribution >= 4 is 28.9 Å². The molecular formula is C22H22N8O2. The summed E-state index contributed by atoms with van der Waals surface area (Å²) in [4.78, 5) is 34.6. The highest BCUT2D eigenvalue weighted by Crippen LogP contribution is 2.29. The quantitative estimate of drug-likeness (QED) is 0.429. The second kappa shape index (κ2) is 7.80. The topological polar surface area (TPSA) is 118 Å². The Morgan fingerprint density at radius 3 is 2.78 bits per heavy atom. The third-order valence-corrected chi connectivity index (χ3v) is 5.50. The van der Waals surface area contributed by atoms with Crippen molar-refractivity contribution in [1.29, 1.82) is 0 Å². The molecule has 0 radical (unpaired) electrons. The van der Waals surface area contributed by atoms with Gasteiger partial charge in [0.15, 0.2) is 5.65 Å².